The van der Waals surface area contributed by atoms with Crippen LogP contribution in [0.5, 0.6) is 11.5 Å². The van der Waals surface area contributed by atoms with E-state index in [0.29, 0.717) is 11.5 Å². The first-order valence-electron chi connectivity index (χ1n) is 16.8. The summed E-state index contributed by atoms with van der Waals surface area (Å²) in [5, 5.41) is 5.25. The van der Waals surface area contributed by atoms with Crippen LogP contribution in [0.4, 0.5) is 0 Å². The van der Waals surface area contributed by atoms with Gasteiger partial charge in [-0.05, 0) is 96.2 Å². The van der Waals surface area contributed by atoms with Crippen LogP contribution in [0, 0.1) is 27.7 Å². The van der Waals surface area contributed by atoms with Crippen molar-refractivity contribution in [3.05, 3.63) is 57.6 Å². The van der Waals surface area contributed by atoms with Gasteiger partial charge in [0.25, 0.3) is 0 Å². The molecular formula is C39H54N2O8. The molecule has 268 valence electrons. The largest absolute Gasteiger partial charge is 0.425 e. The highest BCUT2D eigenvalue weighted by Gasteiger charge is 2.32. The Morgan fingerprint density at radius 1 is 0.612 bits per heavy atom. The molecule has 0 saturated carbocycles. The van der Waals surface area contributed by atoms with Gasteiger partial charge < -0.3 is 20.1 Å². The average Bonchev–Trinajstić information content (AvgIpc) is 2.90. The molecule has 10 nitrogen and oxygen atoms in total. The Kier molecular flexibility index (Phi) is 14.0. The molecule has 0 aliphatic carbocycles. The lowest BCUT2D eigenvalue weighted by Crippen LogP contribution is -2.42. The smallest absolute Gasteiger partial charge is 0.333 e. The van der Waals surface area contributed by atoms with E-state index in [-0.39, 0.29) is 43.7 Å². The average molecular weight is 679 g/mol. The van der Waals surface area contributed by atoms with Gasteiger partial charge in [0.1, 0.15) is 35.1 Å². The van der Waals surface area contributed by atoms with E-state index in [1.165, 1.54) is 27.7 Å². The zero-order valence-electron chi connectivity index (χ0n) is 31.3. The molecule has 2 amide bonds. The van der Waals surface area contributed by atoms with E-state index < -0.39 is 46.7 Å². The van der Waals surface area contributed by atoms with E-state index in [4.69, 9.17) is 9.47 Å². The molecule has 0 radical (unpaired) electrons. The topological polar surface area (TPSA) is 145 Å². The molecule has 0 heterocycles. The molecule has 49 heavy (non-hydrogen) atoms. The minimum absolute atomic E-state index is 0.0171. The molecule has 2 unspecified atom stereocenters. The zero-order valence-corrected chi connectivity index (χ0v) is 31.3. The number of aryl methyl sites for hydroxylation is 4. The fraction of sp³-hybridized carbons (Fsp3) is 0.538. The second-order valence-corrected chi connectivity index (χ2v) is 14.7. The van der Waals surface area contributed by atoms with Crippen LogP contribution in [-0.2, 0) is 39.6 Å². The number of carbonyl (C=O) groups excluding carboxylic acids is 6. The van der Waals surface area contributed by atoms with Crippen LogP contribution in [0.2, 0.25) is 0 Å². The molecule has 10 heteroatoms. The van der Waals surface area contributed by atoms with Crippen molar-refractivity contribution in [2.75, 3.05) is 0 Å². The van der Waals surface area contributed by atoms with Gasteiger partial charge in [-0.3, -0.25) is 19.2 Å². The monoisotopic (exact) mass is 678 g/mol. The number of Topliss-reactive ketones (excluding diaryl/α,β-unsaturated/α-hetero) is 2. The van der Waals surface area contributed by atoms with E-state index in [1.54, 1.807) is 12.1 Å². The molecule has 0 spiro atoms. The SMILES string of the molecule is CC(=O)CC(C)(C)c1c(C)cc(C)cc1OC(=O)C(C)NC(=O)CCCC(=O)NC(C)C(=O)Oc1cc(C)cc(C)c1C(C)(C)CC(C)=O. The number of hydrogen-bond donors (Lipinski definition) is 2. The summed E-state index contributed by atoms with van der Waals surface area (Å²) in [6, 6.07) is 5.52. The third-order valence-electron chi connectivity index (χ3n) is 8.31. The summed E-state index contributed by atoms with van der Waals surface area (Å²) in [4.78, 5) is 75.1. The number of hydrogen-bond acceptors (Lipinski definition) is 8. The summed E-state index contributed by atoms with van der Waals surface area (Å²) in [5.74, 6) is -1.43. The highest BCUT2D eigenvalue weighted by Crippen LogP contribution is 2.39. The van der Waals surface area contributed by atoms with Gasteiger partial charge in [-0.25, -0.2) is 9.59 Å². The number of esters is 2. The molecule has 0 saturated heterocycles. The molecular weight excluding hydrogens is 624 g/mol. The van der Waals surface area contributed by atoms with Crippen molar-refractivity contribution < 1.29 is 38.2 Å². The number of ketones is 2. The maximum Gasteiger partial charge on any atom is 0.333 e. The van der Waals surface area contributed by atoms with E-state index >= 15 is 0 Å². The molecule has 2 aromatic carbocycles. The third kappa shape index (κ3) is 11.9. The van der Waals surface area contributed by atoms with Gasteiger partial charge in [-0.2, -0.15) is 0 Å². The Bertz CT molecular complexity index is 1490. The number of benzene rings is 2. The maximum atomic E-state index is 13.0. The lowest BCUT2D eigenvalue weighted by molar-refractivity contribution is -0.139. The van der Waals surface area contributed by atoms with Crippen molar-refractivity contribution >= 4 is 35.3 Å². The summed E-state index contributed by atoms with van der Waals surface area (Å²) in [5.41, 5.74) is 3.95. The fourth-order valence-corrected chi connectivity index (χ4v) is 6.72. The van der Waals surface area contributed by atoms with Gasteiger partial charge in [0.15, 0.2) is 0 Å². The third-order valence-corrected chi connectivity index (χ3v) is 8.31. The van der Waals surface area contributed by atoms with Crippen molar-refractivity contribution in [3.63, 3.8) is 0 Å². The van der Waals surface area contributed by atoms with Gasteiger partial charge in [-0.1, -0.05) is 39.8 Å². The molecule has 0 aromatic heterocycles. The molecule has 0 bridgehead atoms. The van der Waals surface area contributed by atoms with Crippen LogP contribution in [0.15, 0.2) is 24.3 Å². The molecule has 2 aromatic rings. The summed E-state index contributed by atoms with van der Waals surface area (Å²) >= 11 is 0. The van der Waals surface area contributed by atoms with Crippen molar-refractivity contribution in [2.24, 2.45) is 0 Å². The van der Waals surface area contributed by atoms with E-state index in [0.717, 1.165) is 33.4 Å². The summed E-state index contributed by atoms with van der Waals surface area (Å²) < 4.78 is 11.5. The Morgan fingerprint density at radius 3 is 1.24 bits per heavy atom. The molecule has 2 N–H and O–H groups in total. The first-order chi connectivity index (χ1) is 22.5. The predicted molar refractivity (Wildman–Crippen MR) is 189 cm³/mol. The number of ether oxygens (including phenoxy) is 2. The zero-order chi connectivity index (χ0) is 37.4. The first-order valence-corrected chi connectivity index (χ1v) is 16.8. The lowest BCUT2D eigenvalue weighted by atomic mass is 9.77. The Balaban J connectivity index is 1.95. The van der Waals surface area contributed by atoms with Gasteiger partial charge in [0.05, 0.1) is 0 Å². The van der Waals surface area contributed by atoms with Crippen LogP contribution in [0.1, 0.15) is 121 Å². The number of amides is 2. The summed E-state index contributed by atoms with van der Waals surface area (Å²) in [7, 11) is 0. The van der Waals surface area contributed by atoms with Crippen molar-refractivity contribution in [2.45, 2.75) is 138 Å². The van der Waals surface area contributed by atoms with Crippen molar-refractivity contribution in [1.29, 1.82) is 0 Å². The minimum atomic E-state index is -0.962. The molecule has 0 fully saturated rings. The standard InChI is InChI=1S/C39H54N2O8/c1-22-16-24(3)34(38(9,10)20-26(5)42)30(18-22)48-36(46)28(7)40-32(44)14-13-15-33(45)41-29(8)37(47)49-31-19-23(2)17-25(4)35(31)39(11,12)21-27(6)43/h16-19,28-29H,13-15,20-21H2,1-12H3,(H,40,44)(H,41,45). The molecule has 0 aliphatic heterocycles. The second kappa shape index (κ2) is 16.9. The van der Waals surface area contributed by atoms with Crippen LogP contribution in [0.25, 0.3) is 0 Å². The van der Waals surface area contributed by atoms with Gasteiger partial charge >= 0.3 is 11.9 Å². The van der Waals surface area contributed by atoms with Crippen molar-refractivity contribution in [1.82, 2.24) is 10.6 Å². The Hall–Kier alpha value is -4.34. The van der Waals surface area contributed by atoms with Gasteiger partial charge in [0, 0.05) is 47.6 Å². The second-order valence-electron chi connectivity index (χ2n) is 14.7. The molecule has 0 aliphatic rings. The first kappa shape index (κ1) is 40.8. The number of carbonyl (C=O) groups is 6. The fourth-order valence-electron chi connectivity index (χ4n) is 6.72. The number of rotatable bonds is 16. The lowest BCUT2D eigenvalue weighted by Gasteiger charge is -2.29. The Morgan fingerprint density at radius 2 is 0.939 bits per heavy atom. The molecule has 2 rings (SSSR count). The Labute approximate surface area is 291 Å². The normalized spacial score (nSPS) is 12.8. The van der Waals surface area contributed by atoms with E-state index in [2.05, 4.69) is 10.6 Å². The van der Waals surface area contributed by atoms with Crippen LogP contribution in [-0.4, -0.2) is 47.4 Å². The number of nitrogens with one attached hydrogen (secondary N) is 2. The summed E-state index contributed by atoms with van der Waals surface area (Å²) in [6.45, 7) is 21.4. The van der Waals surface area contributed by atoms with E-state index in [1.807, 2.05) is 67.5 Å². The quantitative estimate of drug-likeness (QED) is 0.160. The molecule has 2 atom stereocenters. The van der Waals surface area contributed by atoms with Crippen molar-refractivity contribution in [3.8, 4) is 11.5 Å². The minimum Gasteiger partial charge on any atom is -0.425 e. The van der Waals surface area contributed by atoms with E-state index in [9.17, 15) is 28.8 Å². The van der Waals surface area contributed by atoms with Crippen LogP contribution in [0.3, 0.4) is 0 Å². The summed E-state index contributed by atoms with van der Waals surface area (Å²) in [6.07, 6.45) is 0.676. The van der Waals surface area contributed by atoms with Gasteiger partial charge in [0.2, 0.25) is 11.8 Å². The maximum absolute atomic E-state index is 13.0. The predicted octanol–water partition coefficient (Wildman–Crippen LogP) is 6.12. The van der Waals surface area contributed by atoms with Crippen LogP contribution >= 0.6 is 0 Å². The van der Waals surface area contributed by atoms with Crippen LogP contribution < -0.4 is 20.1 Å². The highest BCUT2D eigenvalue weighted by atomic mass is 16.5. The van der Waals surface area contributed by atoms with Gasteiger partial charge in [-0.15, -0.1) is 0 Å². The highest BCUT2D eigenvalue weighted by molar-refractivity contribution is 5.87.